The molecule has 10 nitrogen and oxygen atoms in total. The van der Waals surface area contributed by atoms with Crippen LogP contribution in [0.1, 0.15) is 11.7 Å². The molecule has 0 saturated carbocycles. The molecule has 7 N–H and O–H groups in total. The Morgan fingerprint density at radius 2 is 1.81 bits per heavy atom. The van der Waals surface area contributed by atoms with Crippen LogP contribution in [0.4, 0.5) is 0 Å². The second-order valence-electron chi connectivity index (χ2n) is 5.97. The molecule has 1 aliphatic rings. The van der Waals surface area contributed by atoms with E-state index in [2.05, 4.69) is 0 Å². The van der Waals surface area contributed by atoms with Crippen LogP contribution in [-0.2, 0) is 9.47 Å². The summed E-state index contributed by atoms with van der Waals surface area (Å²) >= 11 is 0. The molecule has 1 fully saturated rings. The molecule has 1 aromatic rings. The molecule has 7 atom stereocenters. The predicted molar refractivity (Wildman–Crippen MR) is 85.3 cm³/mol. The van der Waals surface area contributed by atoms with E-state index in [0.29, 0.717) is 0 Å². The van der Waals surface area contributed by atoms with Crippen LogP contribution in [0.25, 0.3) is 0 Å². The van der Waals surface area contributed by atoms with Crippen molar-refractivity contribution in [3.63, 3.8) is 0 Å². The summed E-state index contributed by atoms with van der Waals surface area (Å²) in [7, 11) is 1.34. The van der Waals surface area contributed by atoms with Crippen LogP contribution in [0.15, 0.2) is 18.2 Å². The molecule has 0 spiro atoms. The predicted octanol–water partition coefficient (Wildman–Crippen LogP) is -2.39. The van der Waals surface area contributed by atoms with Crippen LogP contribution in [0.5, 0.6) is 11.5 Å². The van der Waals surface area contributed by atoms with Crippen molar-refractivity contribution in [2.45, 2.75) is 42.9 Å². The highest BCUT2D eigenvalue weighted by atomic mass is 16.7. The minimum absolute atomic E-state index is 0.114. The first-order chi connectivity index (χ1) is 12.3. The number of phenols is 1. The molecule has 2 rings (SSSR count). The van der Waals surface area contributed by atoms with Gasteiger partial charge in [-0.2, -0.15) is 0 Å². The van der Waals surface area contributed by atoms with Crippen LogP contribution in [0.2, 0.25) is 0 Å². The Balaban J connectivity index is 1.97. The van der Waals surface area contributed by atoms with E-state index in [9.17, 15) is 30.6 Å². The Morgan fingerprint density at radius 3 is 2.42 bits per heavy atom. The van der Waals surface area contributed by atoms with Crippen molar-refractivity contribution in [1.82, 2.24) is 0 Å². The van der Waals surface area contributed by atoms with Crippen LogP contribution in [-0.4, -0.2) is 92.9 Å². The van der Waals surface area contributed by atoms with E-state index in [-0.39, 0.29) is 17.1 Å². The summed E-state index contributed by atoms with van der Waals surface area (Å²) in [5, 5.41) is 68.2. The summed E-state index contributed by atoms with van der Waals surface area (Å²) in [6.45, 7) is -1.09. The fraction of sp³-hybridized carbons (Fsp3) is 0.625. The van der Waals surface area contributed by atoms with Crippen molar-refractivity contribution >= 4 is 0 Å². The highest BCUT2D eigenvalue weighted by Gasteiger charge is 2.44. The average Bonchev–Trinajstić information content (AvgIpc) is 2.65. The fourth-order valence-corrected chi connectivity index (χ4v) is 2.59. The van der Waals surface area contributed by atoms with Gasteiger partial charge in [0.1, 0.15) is 36.6 Å². The minimum atomic E-state index is -1.61. The van der Waals surface area contributed by atoms with Crippen molar-refractivity contribution in [2.24, 2.45) is 0 Å². The molecule has 0 amide bonds. The second-order valence-corrected chi connectivity index (χ2v) is 5.97. The maximum absolute atomic E-state index is 10.2. The number of ether oxygens (including phenoxy) is 3. The van der Waals surface area contributed by atoms with Gasteiger partial charge in [0, 0.05) is 0 Å². The third-order valence-corrected chi connectivity index (χ3v) is 4.19. The third kappa shape index (κ3) is 4.42. The van der Waals surface area contributed by atoms with Gasteiger partial charge < -0.3 is 50.0 Å². The Kier molecular flexibility index (Phi) is 7.15. The molecular formula is C16H24O10. The van der Waals surface area contributed by atoms with E-state index >= 15 is 0 Å². The number of aromatic hydroxyl groups is 1. The monoisotopic (exact) mass is 376 g/mol. The zero-order valence-corrected chi connectivity index (χ0v) is 14.0. The van der Waals surface area contributed by atoms with Crippen LogP contribution >= 0.6 is 0 Å². The van der Waals surface area contributed by atoms with E-state index in [4.69, 9.17) is 19.3 Å². The highest BCUT2D eigenvalue weighted by Crippen LogP contribution is 2.30. The van der Waals surface area contributed by atoms with Gasteiger partial charge in [0.25, 0.3) is 0 Å². The highest BCUT2D eigenvalue weighted by molar-refractivity contribution is 5.42. The van der Waals surface area contributed by atoms with Crippen molar-refractivity contribution in [1.29, 1.82) is 0 Å². The standard InChI is InChI=1S/C16H24O10/c1-24-10-4-7(2-3-8(10)18)12(20)9(19)6-25-16-15(23)14(22)13(21)11(5-17)26-16/h2-4,9,11-23H,5-6H2,1H3/t9-,11+,12-,13+,14-,15+,16-/m0/s1. The lowest BCUT2D eigenvalue weighted by atomic mass is 9.99. The minimum Gasteiger partial charge on any atom is -0.504 e. The van der Waals surface area contributed by atoms with E-state index in [1.165, 1.54) is 25.3 Å². The molecule has 0 radical (unpaired) electrons. The first-order valence-electron chi connectivity index (χ1n) is 7.95. The lowest BCUT2D eigenvalue weighted by Gasteiger charge is -2.39. The van der Waals surface area contributed by atoms with Gasteiger partial charge in [-0.25, -0.2) is 0 Å². The molecule has 0 unspecified atom stereocenters. The summed E-state index contributed by atoms with van der Waals surface area (Å²) < 4.78 is 15.3. The molecule has 26 heavy (non-hydrogen) atoms. The number of aliphatic hydroxyl groups is 6. The fourth-order valence-electron chi connectivity index (χ4n) is 2.59. The molecule has 0 aliphatic carbocycles. The molecule has 1 heterocycles. The normalized spacial score (nSPS) is 31.4. The number of benzene rings is 1. The molecule has 148 valence electrons. The number of hydrogen-bond donors (Lipinski definition) is 7. The van der Waals surface area contributed by atoms with E-state index in [0.717, 1.165) is 0 Å². The van der Waals surface area contributed by atoms with Crippen molar-refractivity contribution in [3.8, 4) is 11.5 Å². The maximum atomic E-state index is 10.2. The Hall–Kier alpha value is -1.50. The van der Waals surface area contributed by atoms with Gasteiger partial charge in [0.15, 0.2) is 17.8 Å². The van der Waals surface area contributed by atoms with Crippen LogP contribution in [0.3, 0.4) is 0 Å². The SMILES string of the molecule is COc1cc([C@H](O)[C@@H](O)CO[C@H]2O[C@H](CO)[C@@H](O)[C@H](O)[C@H]2O)ccc1O. The first kappa shape index (κ1) is 20.8. The summed E-state index contributed by atoms with van der Waals surface area (Å²) in [6.07, 6.45) is -10.1. The number of aliphatic hydroxyl groups excluding tert-OH is 6. The zero-order chi connectivity index (χ0) is 19.4. The summed E-state index contributed by atoms with van der Waals surface area (Å²) in [4.78, 5) is 0. The quantitative estimate of drug-likeness (QED) is 0.272. The Bertz CT molecular complexity index is 580. The molecule has 0 aromatic heterocycles. The van der Waals surface area contributed by atoms with Gasteiger partial charge in [-0.1, -0.05) is 6.07 Å². The molecule has 1 aromatic carbocycles. The van der Waals surface area contributed by atoms with Gasteiger partial charge in [0.05, 0.1) is 20.3 Å². The van der Waals surface area contributed by atoms with Gasteiger partial charge in [-0.3, -0.25) is 0 Å². The van der Waals surface area contributed by atoms with Gasteiger partial charge >= 0.3 is 0 Å². The van der Waals surface area contributed by atoms with Crippen LogP contribution in [0, 0.1) is 0 Å². The smallest absolute Gasteiger partial charge is 0.186 e. The zero-order valence-electron chi connectivity index (χ0n) is 14.0. The Labute approximate surface area is 149 Å². The number of methoxy groups -OCH3 is 1. The summed E-state index contributed by atoms with van der Waals surface area (Å²) in [6, 6.07) is 4.03. The number of rotatable bonds is 7. The first-order valence-corrected chi connectivity index (χ1v) is 7.95. The van der Waals surface area contributed by atoms with E-state index in [1.54, 1.807) is 0 Å². The number of hydrogen-bond acceptors (Lipinski definition) is 10. The van der Waals surface area contributed by atoms with E-state index in [1.807, 2.05) is 0 Å². The largest absolute Gasteiger partial charge is 0.504 e. The van der Waals surface area contributed by atoms with Gasteiger partial charge in [0.2, 0.25) is 0 Å². The van der Waals surface area contributed by atoms with Crippen molar-refractivity contribution < 1.29 is 50.0 Å². The Morgan fingerprint density at radius 1 is 1.12 bits per heavy atom. The molecule has 10 heteroatoms. The van der Waals surface area contributed by atoms with Gasteiger partial charge in [-0.05, 0) is 17.7 Å². The lowest BCUT2D eigenvalue weighted by molar-refractivity contribution is -0.306. The van der Waals surface area contributed by atoms with Crippen LogP contribution < -0.4 is 4.74 Å². The van der Waals surface area contributed by atoms with Crippen molar-refractivity contribution in [3.05, 3.63) is 23.8 Å². The molecular weight excluding hydrogens is 352 g/mol. The van der Waals surface area contributed by atoms with Crippen molar-refractivity contribution in [2.75, 3.05) is 20.3 Å². The summed E-state index contributed by atoms with van der Waals surface area (Å²) in [5.74, 6) is -0.0147. The molecule has 0 bridgehead atoms. The lowest BCUT2D eigenvalue weighted by Crippen LogP contribution is -2.59. The van der Waals surface area contributed by atoms with E-state index < -0.39 is 56.1 Å². The third-order valence-electron chi connectivity index (χ3n) is 4.19. The second kappa shape index (κ2) is 8.93. The average molecular weight is 376 g/mol. The maximum Gasteiger partial charge on any atom is 0.186 e. The number of phenolic OH excluding ortho intramolecular Hbond substituents is 1. The molecule has 1 aliphatic heterocycles. The van der Waals surface area contributed by atoms with Gasteiger partial charge in [-0.15, -0.1) is 0 Å². The molecule has 1 saturated heterocycles. The summed E-state index contributed by atoms with van der Waals surface area (Å²) in [5.41, 5.74) is 0.254. The topological polar surface area (TPSA) is 169 Å².